The Bertz CT molecular complexity index is 470. The molecule has 0 saturated carbocycles. The molecule has 4 heteroatoms. The topological polar surface area (TPSA) is 57.6 Å². The Kier molecular flexibility index (Phi) is 6.92. The molecule has 1 amide bonds. The van der Waals surface area contributed by atoms with E-state index in [2.05, 4.69) is 19.9 Å². The zero-order valence-electron chi connectivity index (χ0n) is 13.1. The van der Waals surface area contributed by atoms with Crippen molar-refractivity contribution in [1.29, 1.82) is 0 Å². The van der Waals surface area contributed by atoms with Crippen LogP contribution in [-0.4, -0.2) is 34.5 Å². The predicted octanol–water partition coefficient (Wildman–Crippen LogP) is 3.31. The molecule has 1 N–H and O–H groups in total. The van der Waals surface area contributed by atoms with E-state index >= 15 is 0 Å². The van der Waals surface area contributed by atoms with Crippen LogP contribution in [0.25, 0.3) is 0 Å². The summed E-state index contributed by atoms with van der Waals surface area (Å²) in [6.07, 6.45) is 10.6. The molecule has 1 fully saturated rings. The van der Waals surface area contributed by atoms with Gasteiger partial charge in [0.1, 0.15) is 6.04 Å². The van der Waals surface area contributed by atoms with E-state index in [0.29, 0.717) is 13.0 Å². The summed E-state index contributed by atoms with van der Waals surface area (Å²) in [6.45, 7) is 6.71. The molecule has 0 aliphatic carbocycles. The Labute approximate surface area is 126 Å². The highest BCUT2D eigenvalue weighted by Gasteiger charge is 2.32. The number of carboxylic acids is 1. The van der Waals surface area contributed by atoms with E-state index in [1.54, 1.807) is 6.08 Å². The average Bonchev–Trinajstić information content (AvgIpc) is 2.87. The summed E-state index contributed by atoms with van der Waals surface area (Å²) in [5, 5.41) is 9.05. The number of allylic oxidation sites excluding steroid dienone is 5. The molecule has 0 bridgehead atoms. The zero-order chi connectivity index (χ0) is 15.8. The molecule has 0 aromatic heterocycles. The minimum atomic E-state index is -0.914. The fourth-order valence-electron chi connectivity index (χ4n) is 2.35. The van der Waals surface area contributed by atoms with Gasteiger partial charge in [-0.05, 0) is 46.5 Å². The second kappa shape index (κ2) is 8.45. The molecule has 0 aromatic rings. The Hall–Kier alpha value is -1.84. The van der Waals surface area contributed by atoms with Crippen molar-refractivity contribution < 1.29 is 14.7 Å². The number of likely N-dealkylation sites (tertiary alicyclic amines) is 1. The monoisotopic (exact) mass is 291 g/mol. The fourth-order valence-corrected chi connectivity index (χ4v) is 2.35. The van der Waals surface area contributed by atoms with Crippen LogP contribution in [0.1, 0.15) is 46.5 Å². The van der Waals surface area contributed by atoms with E-state index in [1.807, 2.05) is 13.0 Å². The third-order valence-corrected chi connectivity index (χ3v) is 3.53. The van der Waals surface area contributed by atoms with Crippen molar-refractivity contribution >= 4 is 11.9 Å². The van der Waals surface area contributed by atoms with E-state index < -0.39 is 12.0 Å². The molecule has 21 heavy (non-hydrogen) atoms. The van der Waals surface area contributed by atoms with E-state index in [1.165, 1.54) is 22.1 Å². The van der Waals surface area contributed by atoms with Gasteiger partial charge in [-0.1, -0.05) is 29.4 Å². The molecule has 0 spiro atoms. The van der Waals surface area contributed by atoms with Crippen LogP contribution in [-0.2, 0) is 9.59 Å². The van der Waals surface area contributed by atoms with Gasteiger partial charge in [-0.15, -0.1) is 0 Å². The molecule has 4 nitrogen and oxygen atoms in total. The van der Waals surface area contributed by atoms with Gasteiger partial charge in [0, 0.05) is 12.6 Å². The maximum atomic E-state index is 12.0. The molecule has 1 atom stereocenters. The second-order valence-corrected chi connectivity index (χ2v) is 5.72. The molecular formula is C17H25NO3. The summed E-state index contributed by atoms with van der Waals surface area (Å²) >= 11 is 0. The highest BCUT2D eigenvalue weighted by atomic mass is 16.4. The van der Waals surface area contributed by atoms with Crippen molar-refractivity contribution in [3.63, 3.8) is 0 Å². The first-order valence-corrected chi connectivity index (χ1v) is 7.42. The second-order valence-electron chi connectivity index (χ2n) is 5.72. The highest BCUT2D eigenvalue weighted by Crippen LogP contribution is 2.17. The van der Waals surface area contributed by atoms with Gasteiger partial charge in [0.25, 0.3) is 0 Å². The van der Waals surface area contributed by atoms with Gasteiger partial charge in [0.2, 0.25) is 5.91 Å². The van der Waals surface area contributed by atoms with Gasteiger partial charge < -0.3 is 10.0 Å². The van der Waals surface area contributed by atoms with Crippen LogP contribution in [0.5, 0.6) is 0 Å². The highest BCUT2D eigenvalue weighted by molar-refractivity contribution is 5.91. The summed E-state index contributed by atoms with van der Waals surface area (Å²) in [4.78, 5) is 24.5. The molecule has 0 unspecified atom stereocenters. The Balaban J connectivity index is 2.50. The van der Waals surface area contributed by atoms with Crippen molar-refractivity contribution in [2.75, 3.05) is 6.54 Å². The van der Waals surface area contributed by atoms with Gasteiger partial charge in [0.05, 0.1) is 0 Å². The maximum Gasteiger partial charge on any atom is 0.326 e. The van der Waals surface area contributed by atoms with Crippen LogP contribution in [0.15, 0.2) is 35.5 Å². The van der Waals surface area contributed by atoms with E-state index in [4.69, 9.17) is 5.11 Å². The Morgan fingerprint density at radius 1 is 1.29 bits per heavy atom. The van der Waals surface area contributed by atoms with Gasteiger partial charge in [-0.3, -0.25) is 4.79 Å². The van der Waals surface area contributed by atoms with E-state index in [0.717, 1.165) is 19.3 Å². The molecule has 0 aromatic carbocycles. The van der Waals surface area contributed by atoms with Crippen LogP contribution in [0.4, 0.5) is 0 Å². The third-order valence-electron chi connectivity index (χ3n) is 3.53. The fraction of sp³-hybridized carbons (Fsp3) is 0.529. The van der Waals surface area contributed by atoms with Crippen molar-refractivity contribution in [2.45, 2.75) is 52.5 Å². The zero-order valence-corrected chi connectivity index (χ0v) is 13.1. The first-order chi connectivity index (χ1) is 9.91. The quantitative estimate of drug-likeness (QED) is 0.464. The molecule has 1 aliphatic rings. The number of carbonyl (C=O) groups is 2. The van der Waals surface area contributed by atoms with E-state index in [9.17, 15) is 9.59 Å². The Morgan fingerprint density at radius 2 is 2.00 bits per heavy atom. The molecule has 1 heterocycles. The lowest BCUT2D eigenvalue weighted by Gasteiger charge is -2.19. The maximum absolute atomic E-state index is 12.0. The van der Waals surface area contributed by atoms with Crippen molar-refractivity contribution in [3.8, 4) is 0 Å². The first kappa shape index (κ1) is 17.2. The number of nitrogens with zero attached hydrogens (tertiary/aromatic N) is 1. The smallest absolute Gasteiger partial charge is 0.326 e. The molecule has 1 rings (SSSR count). The lowest BCUT2D eigenvalue weighted by Crippen LogP contribution is -2.39. The molecule has 116 valence electrons. The molecule has 1 saturated heterocycles. The third kappa shape index (κ3) is 5.98. The SMILES string of the molecule is CC(C)=CCC/C(C)=C/C=C/C(=O)N1CCC[C@H]1C(=O)O. The van der Waals surface area contributed by atoms with Crippen LogP contribution in [0.3, 0.4) is 0 Å². The van der Waals surface area contributed by atoms with Crippen LogP contribution in [0, 0.1) is 0 Å². The first-order valence-electron chi connectivity index (χ1n) is 7.42. The van der Waals surface area contributed by atoms with Crippen molar-refractivity contribution in [1.82, 2.24) is 4.90 Å². The number of amides is 1. The number of carboxylic acid groups (broad SMARTS) is 1. The lowest BCUT2D eigenvalue weighted by atomic mass is 10.1. The van der Waals surface area contributed by atoms with Gasteiger partial charge in [-0.25, -0.2) is 4.79 Å². The molecular weight excluding hydrogens is 266 g/mol. The van der Waals surface area contributed by atoms with Crippen LogP contribution >= 0.6 is 0 Å². The summed E-state index contributed by atoms with van der Waals surface area (Å²) in [7, 11) is 0. The standard InChI is InChI=1S/C17H25NO3/c1-13(2)7-4-8-14(3)9-5-11-16(19)18-12-6-10-15(18)17(20)21/h5,7,9,11,15H,4,6,8,10,12H2,1-3H3,(H,20,21)/b11-5+,14-9+/t15-/m0/s1. The lowest BCUT2D eigenvalue weighted by molar-refractivity contribution is -0.146. The van der Waals surface area contributed by atoms with Crippen molar-refractivity contribution in [3.05, 3.63) is 35.5 Å². The number of hydrogen-bond donors (Lipinski definition) is 1. The number of hydrogen-bond acceptors (Lipinski definition) is 2. The van der Waals surface area contributed by atoms with Crippen LogP contribution < -0.4 is 0 Å². The van der Waals surface area contributed by atoms with Crippen LogP contribution in [0.2, 0.25) is 0 Å². The predicted molar refractivity (Wildman–Crippen MR) is 83.9 cm³/mol. The summed E-state index contributed by atoms with van der Waals surface area (Å²) in [5.74, 6) is -1.13. The number of aliphatic carboxylic acids is 1. The normalized spacial score (nSPS) is 19.1. The van der Waals surface area contributed by atoms with Gasteiger partial charge in [-0.2, -0.15) is 0 Å². The molecule has 0 radical (unpaired) electrons. The van der Waals surface area contributed by atoms with Gasteiger partial charge >= 0.3 is 5.97 Å². The van der Waals surface area contributed by atoms with Gasteiger partial charge in [0.15, 0.2) is 0 Å². The van der Waals surface area contributed by atoms with Crippen molar-refractivity contribution in [2.24, 2.45) is 0 Å². The largest absolute Gasteiger partial charge is 0.480 e. The Morgan fingerprint density at radius 3 is 2.62 bits per heavy atom. The summed E-state index contributed by atoms with van der Waals surface area (Å²) in [6, 6.07) is -0.662. The minimum Gasteiger partial charge on any atom is -0.480 e. The summed E-state index contributed by atoms with van der Waals surface area (Å²) < 4.78 is 0. The molecule has 1 aliphatic heterocycles. The number of rotatable bonds is 6. The average molecular weight is 291 g/mol. The van der Waals surface area contributed by atoms with E-state index in [-0.39, 0.29) is 5.91 Å². The summed E-state index contributed by atoms with van der Waals surface area (Å²) in [5.41, 5.74) is 2.51. The minimum absolute atomic E-state index is 0.215. The number of carbonyl (C=O) groups excluding carboxylic acids is 1.